The highest BCUT2D eigenvalue weighted by Crippen LogP contribution is 2.39. The number of aryl methyl sites for hydroxylation is 2. The number of quaternary nitrogens is 1. The molecule has 3 saturated heterocycles. The summed E-state index contributed by atoms with van der Waals surface area (Å²) in [5.74, 6) is 0.163. The molecule has 3 fully saturated rings. The standard InChI is InChI=1S/C34H38N2O3.C2HF3O2/c37-34(30-11-5-10-28-21-27-9-3-4-12-32(27)39-33(28)30)35-31-23-36(18-15-25(31)16-19-36)17-6-20-38-29-14-13-24-7-1-2-8-26(24)22-29;3-2(4,5)1(6)7/h3-5,9-14,22,25,31H,1-2,6-8,15-21,23H2;(H,6,7)/t25?,31-,36?;/m1./s1. The Balaban J connectivity index is 0.000000480. The van der Waals surface area contributed by atoms with Crippen molar-refractivity contribution in [3.63, 3.8) is 0 Å². The number of amides is 1. The van der Waals surface area contributed by atoms with Gasteiger partial charge in [-0.05, 0) is 72.6 Å². The van der Waals surface area contributed by atoms with Gasteiger partial charge in [0, 0.05) is 31.2 Å². The van der Waals surface area contributed by atoms with Crippen molar-refractivity contribution in [3.05, 3.63) is 88.5 Å². The number of hydrogen-bond acceptors (Lipinski definition) is 5. The van der Waals surface area contributed by atoms with E-state index in [9.17, 15) is 18.0 Å². The predicted octanol–water partition coefficient (Wildman–Crippen LogP) is 5.37. The number of ether oxygens (including phenoxy) is 2. The predicted molar refractivity (Wildman–Crippen MR) is 164 cm³/mol. The molecule has 244 valence electrons. The number of nitrogens with zero attached hydrogens (tertiary/aromatic N) is 1. The molecule has 46 heavy (non-hydrogen) atoms. The number of piperidine rings is 3. The number of rotatable bonds is 7. The number of benzene rings is 3. The molecule has 1 atom stereocenters. The van der Waals surface area contributed by atoms with Gasteiger partial charge in [-0.1, -0.05) is 36.4 Å². The van der Waals surface area contributed by atoms with Crippen molar-refractivity contribution in [2.45, 2.75) is 63.6 Å². The van der Waals surface area contributed by atoms with Gasteiger partial charge in [-0.2, -0.15) is 13.2 Å². The van der Waals surface area contributed by atoms with Gasteiger partial charge in [0.25, 0.3) is 5.91 Å². The molecule has 1 aliphatic carbocycles. The van der Waals surface area contributed by atoms with Crippen molar-refractivity contribution in [1.82, 2.24) is 5.32 Å². The van der Waals surface area contributed by atoms with Gasteiger partial charge in [-0.25, -0.2) is 0 Å². The molecule has 0 saturated carbocycles. The fourth-order valence-electron chi connectivity index (χ4n) is 7.49. The monoisotopic (exact) mass is 636 g/mol. The van der Waals surface area contributed by atoms with Crippen LogP contribution in [0.3, 0.4) is 0 Å². The van der Waals surface area contributed by atoms with Crippen LogP contribution in [-0.2, 0) is 24.1 Å². The topological polar surface area (TPSA) is 87.7 Å². The number of carboxylic acid groups (broad SMARTS) is 1. The second kappa shape index (κ2) is 13.4. The molecular weight excluding hydrogens is 597 g/mol. The minimum atomic E-state index is -5.19. The van der Waals surface area contributed by atoms with Crippen LogP contribution in [0, 0.1) is 5.92 Å². The first-order valence-corrected chi connectivity index (χ1v) is 16.2. The lowest BCUT2D eigenvalue weighted by Gasteiger charge is -2.52. The van der Waals surface area contributed by atoms with Gasteiger partial charge in [-0.3, -0.25) is 4.79 Å². The van der Waals surface area contributed by atoms with E-state index in [-0.39, 0.29) is 11.9 Å². The minimum Gasteiger partial charge on any atom is -0.542 e. The number of hydrogen-bond donors (Lipinski definition) is 1. The summed E-state index contributed by atoms with van der Waals surface area (Å²) in [5.41, 5.74) is 5.89. The van der Waals surface area contributed by atoms with Crippen LogP contribution in [0.4, 0.5) is 13.2 Å². The fraction of sp³-hybridized carbons (Fsp3) is 0.444. The van der Waals surface area contributed by atoms with Crippen molar-refractivity contribution in [2.75, 3.05) is 32.8 Å². The summed E-state index contributed by atoms with van der Waals surface area (Å²) in [6.45, 7) is 5.33. The van der Waals surface area contributed by atoms with Gasteiger partial charge in [0.05, 0.1) is 44.4 Å². The van der Waals surface area contributed by atoms with E-state index in [1.165, 1.54) is 68.3 Å². The molecule has 0 aromatic heterocycles. The summed E-state index contributed by atoms with van der Waals surface area (Å²) in [4.78, 5) is 22.4. The zero-order valence-corrected chi connectivity index (χ0v) is 25.7. The first kappa shape index (κ1) is 31.9. The third-order valence-corrected chi connectivity index (χ3v) is 9.92. The highest BCUT2D eigenvalue weighted by atomic mass is 19.4. The number of carbonyl (C=O) groups excluding carboxylic acids is 2. The maximum Gasteiger partial charge on any atom is 0.430 e. The largest absolute Gasteiger partial charge is 0.542 e. The summed E-state index contributed by atoms with van der Waals surface area (Å²) < 4.78 is 45.1. The smallest absolute Gasteiger partial charge is 0.430 e. The molecule has 5 aliphatic rings. The molecule has 7 nitrogen and oxygen atoms in total. The molecule has 3 aromatic carbocycles. The molecule has 3 aromatic rings. The summed E-state index contributed by atoms with van der Waals surface area (Å²) in [6, 6.07) is 21.0. The van der Waals surface area contributed by atoms with Crippen LogP contribution < -0.4 is 19.9 Å². The number of carbonyl (C=O) groups is 2. The van der Waals surface area contributed by atoms with Gasteiger partial charge >= 0.3 is 6.18 Å². The number of halogens is 3. The van der Waals surface area contributed by atoms with Gasteiger partial charge in [-0.15, -0.1) is 0 Å². The average molecular weight is 637 g/mol. The summed E-state index contributed by atoms with van der Waals surface area (Å²) in [5, 5.41) is 12.2. The van der Waals surface area contributed by atoms with Crippen LogP contribution in [0.2, 0.25) is 0 Å². The van der Waals surface area contributed by atoms with E-state index in [4.69, 9.17) is 19.4 Å². The maximum absolute atomic E-state index is 13.6. The van der Waals surface area contributed by atoms with Crippen LogP contribution in [0.25, 0.3) is 0 Å². The van der Waals surface area contributed by atoms with E-state index < -0.39 is 12.1 Å². The van der Waals surface area contributed by atoms with Crippen molar-refractivity contribution in [1.29, 1.82) is 0 Å². The first-order valence-electron chi connectivity index (χ1n) is 16.2. The lowest BCUT2D eigenvalue weighted by molar-refractivity contribution is -0.944. The van der Waals surface area contributed by atoms with Crippen molar-refractivity contribution in [3.8, 4) is 17.2 Å². The Morgan fingerprint density at radius 2 is 1.65 bits per heavy atom. The number of alkyl halides is 3. The summed E-state index contributed by atoms with van der Waals surface area (Å²) in [7, 11) is 0. The van der Waals surface area contributed by atoms with Crippen LogP contribution in [-0.4, -0.2) is 61.4 Å². The number of aliphatic carboxylic acids is 1. The Hall–Kier alpha value is -4.05. The Kier molecular flexibility index (Phi) is 9.27. The van der Waals surface area contributed by atoms with Crippen molar-refractivity contribution >= 4 is 11.9 Å². The SMILES string of the molecule is O=C(N[C@@H]1C[N+]2(CCCOc3ccc4c(c3)CCCC4)CCC1CC2)c1cccc2c1Oc1ccccc1C2.O=C([O-])C(F)(F)F. The van der Waals surface area contributed by atoms with Crippen LogP contribution in [0.1, 0.15) is 64.7 Å². The molecule has 0 spiro atoms. The molecule has 1 N–H and O–H groups in total. The van der Waals surface area contributed by atoms with Crippen molar-refractivity contribution in [2.24, 2.45) is 5.92 Å². The van der Waals surface area contributed by atoms with Gasteiger partial charge in [0.1, 0.15) is 23.2 Å². The molecule has 4 aliphatic heterocycles. The Morgan fingerprint density at radius 3 is 2.41 bits per heavy atom. The lowest BCUT2D eigenvalue weighted by Crippen LogP contribution is -2.67. The van der Waals surface area contributed by atoms with Gasteiger partial charge < -0.3 is 29.2 Å². The van der Waals surface area contributed by atoms with Gasteiger partial charge in [0.15, 0.2) is 0 Å². The highest BCUT2D eigenvalue weighted by Gasteiger charge is 2.46. The van der Waals surface area contributed by atoms with Gasteiger partial charge in [0.2, 0.25) is 0 Å². The quantitative estimate of drug-likeness (QED) is 0.218. The summed E-state index contributed by atoms with van der Waals surface area (Å²) >= 11 is 0. The van der Waals surface area contributed by atoms with E-state index in [1.54, 1.807) is 0 Å². The van der Waals surface area contributed by atoms with E-state index in [1.807, 2.05) is 30.3 Å². The van der Waals surface area contributed by atoms with Crippen molar-refractivity contribution < 1.29 is 41.8 Å². The molecule has 0 radical (unpaired) electrons. The molecule has 0 unspecified atom stereocenters. The number of nitrogens with one attached hydrogen (secondary N) is 1. The molecule has 1 amide bonds. The fourth-order valence-corrected chi connectivity index (χ4v) is 7.49. The minimum absolute atomic E-state index is 0.00104. The van der Waals surface area contributed by atoms with Crippen LogP contribution in [0.5, 0.6) is 17.2 Å². The molecule has 2 bridgehead atoms. The number of fused-ring (bicyclic) bond motifs is 6. The van der Waals surface area contributed by atoms with E-state index in [0.717, 1.165) is 59.8 Å². The Labute approximate surface area is 266 Å². The van der Waals surface area contributed by atoms with E-state index in [0.29, 0.717) is 11.5 Å². The average Bonchev–Trinajstić information content (AvgIpc) is 3.06. The summed E-state index contributed by atoms with van der Waals surface area (Å²) in [6.07, 6.45) is 4.02. The number of para-hydroxylation sites is 2. The number of carboxylic acids is 1. The third-order valence-electron chi connectivity index (χ3n) is 9.92. The highest BCUT2D eigenvalue weighted by molar-refractivity contribution is 5.98. The molecule has 10 heteroatoms. The van der Waals surface area contributed by atoms with E-state index in [2.05, 4.69) is 35.6 Å². The maximum atomic E-state index is 13.6. The zero-order chi connectivity index (χ0) is 32.3. The molecular formula is C36H39F3N2O5. The van der Waals surface area contributed by atoms with E-state index >= 15 is 0 Å². The first-order chi connectivity index (χ1) is 22.1. The van der Waals surface area contributed by atoms with Crippen LogP contribution >= 0.6 is 0 Å². The second-order valence-electron chi connectivity index (χ2n) is 12.9. The third kappa shape index (κ3) is 7.17. The second-order valence-corrected chi connectivity index (χ2v) is 12.9. The molecule has 8 rings (SSSR count). The molecule has 4 heterocycles. The van der Waals surface area contributed by atoms with Crippen LogP contribution in [0.15, 0.2) is 60.7 Å². The lowest BCUT2D eigenvalue weighted by atomic mass is 9.81. The normalized spacial score (nSPS) is 22.6. The zero-order valence-electron chi connectivity index (χ0n) is 25.7. The Bertz CT molecular complexity index is 1580. The Morgan fingerprint density at radius 1 is 0.935 bits per heavy atom.